The van der Waals surface area contributed by atoms with Gasteiger partial charge >= 0.3 is 0 Å². The zero-order valence-electron chi connectivity index (χ0n) is 11.4. The predicted molar refractivity (Wildman–Crippen MR) is 78.3 cm³/mol. The van der Waals surface area contributed by atoms with Crippen LogP contribution in [0.2, 0.25) is 0 Å². The molecule has 2 rings (SSSR count). The van der Waals surface area contributed by atoms with Crippen LogP contribution in [0.15, 0.2) is 23.6 Å². The normalized spacial score (nSPS) is 10.4. The first kappa shape index (κ1) is 15.0. The molecule has 0 unspecified atom stereocenters. The predicted octanol–water partition coefficient (Wildman–Crippen LogP) is 2.06. The number of nitro groups is 1. The van der Waals surface area contributed by atoms with Gasteiger partial charge in [-0.25, -0.2) is 4.98 Å². The lowest BCUT2D eigenvalue weighted by atomic mass is 10.1. The second-order valence-corrected chi connectivity index (χ2v) is 5.25. The highest BCUT2D eigenvalue weighted by atomic mass is 32.2. The third-order valence-electron chi connectivity index (χ3n) is 2.91. The first-order valence-corrected chi connectivity index (χ1v) is 7.00. The number of benzene rings is 1. The van der Waals surface area contributed by atoms with Gasteiger partial charge in [0.2, 0.25) is 5.91 Å². The Balaban J connectivity index is 2.12. The molecule has 0 aliphatic heterocycles. The molecule has 1 aromatic carbocycles. The molecule has 2 aromatic rings. The maximum absolute atomic E-state index is 11.9. The lowest BCUT2D eigenvalue weighted by Crippen LogP contribution is -2.16. The zero-order chi connectivity index (χ0) is 15.4. The lowest BCUT2D eigenvalue weighted by molar-refractivity contribution is -0.384. The summed E-state index contributed by atoms with van der Waals surface area (Å²) in [4.78, 5) is 26.3. The molecule has 0 atom stereocenters. The average Bonchev–Trinajstić information content (AvgIpc) is 2.94. The summed E-state index contributed by atoms with van der Waals surface area (Å²) in [7, 11) is 0. The molecule has 8 nitrogen and oxygen atoms in total. The van der Waals surface area contributed by atoms with Crippen LogP contribution in [0.5, 0.6) is 0 Å². The molecule has 9 heteroatoms. The van der Waals surface area contributed by atoms with Crippen LogP contribution >= 0.6 is 11.8 Å². The number of aryl methyl sites for hydroxylation is 1. The molecule has 110 valence electrons. The summed E-state index contributed by atoms with van der Waals surface area (Å²) in [6, 6.07) is 3.05. The van der Waals surface area contributed by atoms with Gasteiger partial charge in [-0.1, -0.05) is 17.8 Å². The molecule has 1 aromatic heterocycles. The smallest absolute Gasteiger partial charge is 0.293 e. The molecule has 0 aliphatic carbocycles. The molecule has 0 saturated carbocycles. The Hall–Kier alpha value is -2.42. The Bertz CT molecular complexity index is 672. The van der Waals surface area contributed by atoms with Crippen molar-refractivity contribution in [3.05, 3.63) is 39.7 Å². The third-order valence-corrected chi connectivity index (χ3v) is 3.78. The number of hydrogen-bond acceptors (Lipinski definition) is 6. The summed E-state index contributed by atoms with van der Waals surface area (Å²) in [6.07, 6.45) is 1.34. The van der Waals surface area contributed by atoms with E-state index in [1.54, 1.807) is 13.0 Å². The van der Waals surface area contributed by atoms with E-state index in [1.165, 1.54) is 24.2 Å². The van der Waals surface area contributed by atoms with Gasteiger partial charge in [0.05, 0.1) is 10.7 Å². The van der Waals surface area contributed by atoms with Crippen LogP contribution in [0, 0.1) is 24.0 Å². The number of anilines is 1. The topological polar surface area (TPSA) is 114 Å². The highest BCUT2D eigenvalue weighted by molar-refractivity contribution is 7.99. The first-order valence-electron chi connectivity index (χ1n) is 6.01. The van der Waals surface area contributed by atoms with Crippen LogP contribution in [-0.2, 0) is 4.79 Å². The minimum Gasteiger partial charge on any atom is -0.319 e. The Labute approximate surface area is 124 Å². The van der Waals surface area contributed by atoms with Crippen LogP contribution in [0.4, 0.5) is 11.4 Å². The number of aromatic nitrogens is 3. The van der Waals surface area contributed by atoms with E-state index in [-0.39, 0.29) is 23.0 Å². The zero-order valence-corrected chi connectivity index (χ0v) is 12.2. The fourth-order valence-corrected chi connectivity index (χ4v) is 2.26. The molecule has 0 aliphatic rings. The minimum absolute atomic E-state index is 0.0831. The second-order valence-electron chi connectivity index (χ2n) is 4.29. The van der Waals surface area contributed by atoms with Crippen molar-refractivity contribution in [2.75, 3.05) is 11.1 Å². The van der Waals surface area contributed by atoms with Gasteiger partial charge in [0.25, 0.3) is 5.69 Å². The van der Waals surface area contributed by atoms with E-state index in [1.807, 2.05) is 6.92 Å². The van der Waals surface area contributed by atoms with Crippen molar-refractivity contribution in [1.82, 2.24) is 15.2 Å². The van der Waals surface area contributed by atoms with Crippen LogP contribution in [-0.4, -0.2) is 31.8 Å². The van der Waals surface area contributed by atoms with E-state index in [4.69, 9.17) is 0 Å². The Morgan fingerprint density at radius 1 is 1.48 bits per heavy atom. The van der Waals surface area contributed by atoms with Gasteiger partial charge in [-0.05, 0) is 25.0 Å². The Morgan fingerprint density at radius 3 is 2.86 bits per heavy atom. The number of nitrogens with one attached hydrogen (secondary N) is 2. The van der Waals surface area contributed by atoms with Gasteiger partial charge in [0.15, 0.2) is 5.16 Å². The van der Waals surface area contributed by atoms with Crippen molar-refractivity contribution < 1.29 is 9.72 Å². The van der Waals surface area contributed by atoms with E-state index in [0.717, 1.165) is 5.56 Å². The van der Waals surface area contributed by atoms with Crippen molar-refractivity contribution >= 4 is 29.0 Å². The van der Waals surface area contributed by atoms with Crippen LogP contribution in [0.25, 0.3) is 0 Å². The molecule has 0 saturated heterocycles. The van der Waals surface area contributed by atoms with Gasteiger partial charge < -0.3 is 5.32 Å². The molecule has 0 bridgehead atoms. The number of thioether (sulfide) groups is 1. The lowest BCUT2D eigenvalue weighted by Gasteiger charge is -2.10. The number of nitrogens with zero attached hydrogens (tertiary/aromatic N) is 3. The molecule has 1 amide bonds. The van der Waals surface area contributed by atoms with Crippen molar-refractivity contribution in [3.8, 4) is 0 Å². The van der Waals surface area contributed by atoms with Crippen molar-refractivity contribution in [2.45, 2.75) is 19.0 Å². The van der Waals surface area contributed by atoms with Crippen molar-refractivity contribution in [2.24, 2.45) is 0 Å². The van der Waals surface area contributed by atoms with Crippen LogP contribution in [0.3, 0.4) is 0 Å². The summed E-state index contributed by atoms with van der Waals surface area (Å²) in [6.45, 7) is 3.57. The number of hydrogen-bond donors (Lipinski definition) is 2. The maximum atomic E-state index is 11.9. The van der Waals surface area contributed by atoms with E-state index in [2.05, 4.69) is 20.5 Å². The fourth-order valence-electron chi connectivity index (χ4n) is 1.68. The number of aromatic amines is 1. The number of nitro benzene ring substituents is 1. The summed E-state index contributed by atoms with van der Waals surface area (Å²) < 4.78 is 0. The number of rotatable bonds is 5. The molecule has 0 radical (unpaired) electrons. The first-order chi connectivity index (χ1) is 9.99. The molecular formula is C12H13N5O3S. The van der Waals surface area contributed by atoms with Gasteiger partial charge in [-0.15, -0.1) is 0 Å². The highest BCUT2D eigenvalue weighted by Crippen LogP contribution is 2.30. The van der Waals surface area contributed by atoms with E-state index >= 15 is 0 Å². The summed E-state index contributed by atoms with van der Waals surface area (Å²) >= 11 is 1.17. The monoisotopic (exact) mass is 307 g/mol. The summed E-state index contributed by atoms with van der Waals surface area (Å²) in [5.74, 6) is -0.257. The van der Waals surface area contributed by atoms with Gasteiger partial charge in [-0.2, -0.15) is 5.10 Å². The van der Waals surface area contributed by atoms with Gasteiger partial charge in [0.1, 0.15) is 12.0 Å². The largest absolute Gasteiger partial charge is 0.319 e. The van der Waals surface area contributed by atoms with Crippen molar-refractivity contribution in [1.29, 1.82) is 0 Å². The molecule has 2 N–H and O–H groups in total. The second kappa shape index (κ2) is 6.35. The number of carbonyl (C=O) groups is 1. The number of H-pyrrole nitrogens is 1. The minimum atomic E-state index is -0.508. The van der Waals surface area contributed by atoms with Crippen LogP contribution in [0.1, 0.15) is 11.1 Å². The third kappa shape index (κ3) is 3.57. The van der Waals surface area contributed by atoms with Gasteiger partial charge in [0, 0.05) is 6.07 Å². The molecule has 0 fully saturated rings. The molecule has 1 heterocycles. The van der Waals surface area contributed by atoms with Gasteiger partial charge in [-0.3, -0.25) is 20.0 Å². The summed E-state index contributed by atoms with van der Waals surface area (Å²) in [5.41, 5.74) is 1.68. The standard InChI is InChI=1S/C12H13N5O3S/c1-7-3-4-9(17(19)20)11(8(7)2)15-10(18)5-21-12-13-6-14-16-12/h3-4,6H,5H2,1-2H3,(H,15,18)(H,13,14,16). The molecule has 21 heavy (non-hydrogen) atoms. The maximum Gasteiger partial charge on any atom is 0.293 e. The van der Waals surface area contributed by atoms with Crippen molar-refractivity contribution in [3.63, 3.8) is 0 Å². The quantitative estimate of drug-likeness (QED) is 0.496. The van der Waals surface area contributed by atoms with E-state index in [0.29, 0.717) is 10.7 Å². The molecular weight excluding hydrogens is 294 g/mol. The Kier molecular flexibility index (Phi) is 4.53. The molecule has 0 spiro atoms. The average molecular weight is 307 g/mol. The number of carbonyl (C=O) groups excluding carboxylic acids is 1. The highest BCUT2D eigenvalue weighted by Gasteiger charge is 2.19. The Morgan fingerprint density at radius 2 is 2.24 bits per heavy atom. The summed E-state index contributed by atoms with van der Waals surface area (Å²) in [5, 5.41) is 20.4. The van der Waals surface area contributed by atoms with Crippen LogP contribution < -0.4 is 5.32 Å². The number of amides is 1. The van der Waals surface area contributed by atoms with E-state index < -0.39 is 4.92 Å². The SMILES string of the molecule is Cc1ccc([N+](=O)[O-])c(NC(=O)CSc2ncn[nH]2)c1C. The fraction of sp³-hybridized carbons (Fsp3) is 0.250. The van der Waals surface area contributed by atoms with E-state index in [9.17, 15) is 14.9 Å².